The van der Waals surface area contributed by atoms with Crippen LogP contribution in [0.5, 0.6) is 0 Å². The highest BCUT2D eigenvalue weighted by molar-refractivity contribution is 7.93. The Morgan fingerprint density at radius 1 is 0.775 bits per heavy atom. The van der Waals surface area contributed by atoms with Gasteiger partial charge in [-0.1, -0.05) is 23.8 Å². The van der Waals surface area contributed by atoms with E-state index in [0.717, 1.165) is 21.0 Å². The molecule has 4 rings (SSSR count). The average Bonchev–Trinajstić information content (AvgIpc) is 2.87. The summed E-state index contributed by atoms with van der Waals surface area (Å²) in [6, 6.07) is 18.8. The maximum Gasteiger partial charge on any atom is 0.264 e. The first kappa shape index (κ1) is 28.7. The summed E-state index contributed by atoms with van der Waals surface area (Å²) in [7, 11) is -8.04. The standard InChI is InChI=1S/C28H29N5O5S2/c1-19-5-9-26(10-6-19)40(37,38)33(24-16-20(2)15-21(3)17-24)18-27(34)31-23-7-11-25(12-8-23)39(35,36)32-28-29-14-13-22(4)30-28/h5-17H,18H2,1-4H3,(H,31,34)(H,29,30,32). The molecule has 1 amide bonds. The molecule has 40 heavy (non-hydrogen) atoms. The molecule has 0 aliphatic rings. The molecule has 2 N–H and O–H groups in total. The maximum absolute atomic E-state index is 13.6. The Hall–Kier alpha value is -4.29. The molecule has 0 spiro atoms. The largest absolute Gasteiger partial charge is 0.325 e. The molecule has 0 saturated heterocycles. The third-order valence-corrected chi connectivity index (χ3v) is 8.99. The van der Waals surface area contributed by atoms with Gasteiger partial charge in [0, 0.05) is 17.6 Å². The van der Waals surface area contributed by atoms with Gasteiger partial charge in [-0.15, -0.1) is 0 Å². The number of carbonyl (C=O) groups excluding carboxylic acids is 1. The van der Waals surface area contributed by atoms with Crippen LogP contribution in [0.2, 0.25) is 0 Å². The van der Waals surface area contributed by atoms with Crippen LogP contribution in [-0.2, 0) is 24.8 Å². The van der Waals surface area contributed by atoms with E-state index in [1.807, 2.05) is 26.8 Å². The molecule has 0 bridgehead atoms. The van der Waals surface area contributed by atoms with Gasteiger partial charge in [0.05, 0.1) is 15.5 Å². The summed E-state index contributed by atoms with van der Waals surface area (Å²) in [6.45, 7) is 6.77. The van der Waals surface area contributed by atoms with E-state index in [-0.39, 0.29) is 15.7 Å². The van der Waals surface area contributed by atoms with Gasteiger partial charge in [-0.3, -0.25) is 9.10 Å². The Kier molecular flexibility index (Phi) is 8.21. The van der Waals surface area contributed by atoms with Gasteiger partial charge in [0.15, 0.2) is 0 Å². The van der Waals surface area contributed by atoms with Crippen LogP contribution in [0.3, 0.4) is 0 Å². The van der Waals surface area contributed by atoms with Crippen molar-refractivity contribution >= 4 is 43.3 Å². The van der Waals surface area contributed by atoms with Crippen molar-refractivity contribution in [2.45, 2.75) is 37.5 Å². The predicted molar refractivity (Wildman–Crippen MR) is 154 cm³/mol. The zero-order valence-electron chi connectivity index (χ0n) is 22.4. The molecule has 208 valence electrons. The van der Waals surface area contributed by atoms with E-state index in [0.29, 0.717) is 17.1 Å². The van der Waals surface area contributed by atoms with Crippen molar-refractivity contribution in [1.82, 2.24) is 9.97 Å². The van der Waals surface area contributed by atoms with Crippen LogP contribution < -0.4 is 14.3 Å². The molecular formula is C28H29N5O5S2. The van der Waals surface area contributed by atoms with Crippen molar-refractivity contribution in [1.29, 1.82) is 0 Å². The number of amides is 1. The highest BCUT2D eigenvalue weighted by atomic mass is 32.2. The summed E-state index contributed by atoms with van der Waals surface area (Å²) < 4.78 is 56.1. The summed E-state index contributed by atoms with van der Waals surface area (Å²) in [4.78, 5) is 21.0. The van der Waals surface area contributed by atoms with Gasteiger partial charge < -0.3 is 5.32 Å². The SMILES string of the molecule is Cc1ccc(S(=O)(=O)N(CC(=O)Nc2ccc(S(=O)(=O)Nc3nccc(C)n3)cc2)c2cc(C)cc(C)c2)cc1. The summed E-state index contributed by atoms with van der Waals surface area (Å²) in [6.07, 6.45) is 1.44. The molecule has 12 heteroatoms. The zero-order valence-corrected chi connectivity index (χ0v) is 24.0. The zero-order chi connectivity index (χ0) is 29.1. The lowest BCUT2D eigenvalue weighted by Crippen LogP contribution is -2.38. The fourth-order valence-electron chi connectivity index (χ4n) is 3.97. The second-order valence-corrected chi connectivity index (χ2v) is 12.9. The van der Waals surface area contributed by atoms with Crippen molar-refractivity contribution in [2.75, 3.05) is 20.9 Å². The van der Waals surface area contributed by atoms with E-state index in [1.54, 1.807) is 37.3 Å². The van der Waals surface area contributed by atoms with Crippen molar-refractivity contribution in [3.8, 4) is 0 Å². The average molecular weight is 580 g/mol. The molecule has 0 saturated carbocycles. The molecule has 4 aromatic rings. The summed E-state index contributed by atoms with van der Waals surface area (Å²) in [5, 5.41) is 2.65. The number of benzene rings is 3. The Balaban J connectivity index is 1.55. The molecule has 1 aromatic heterocycles. The van der Waals surface area contributed by atoms with Gasteiger partial charge >= 0.3 is 0 Å². The Morgan fingerprint density at radius 2 is 1.38 bits per heavy atom. The quantitative estimate of drug-likeness (QED) is 0.301. The van der Waals surface area contributed by atoms with Crippen LogP contribution in [0, 0.1) is 27.7 Å². The predicted octanol–water partition coefficient (Wildman–Crippen LogP) is 4.35. The number of hydrogen-bond acceptors (Lipinski definition) is 7. The summed E-state index contributed by atoms with van der Waals surface area (Å²) in [5.74, 6) is -0.657. The second kappa shape index (κ2) is 11.4. The summed E-state index contributed by atoms with van der Waals surface area (Å²) in [5.41, 5.74) is 3.86. The number of anilines is 3. The number of carbonyl (C=O) groups is 1. The van der Waals surface area contributed by atoms with E-state index in [4.69, 9.17) is 0 Å². The first-order chi connectivity index (χ1) is 18.8. The molecule has 1 heterocycles. The van der Waals surface area contributed by atoms with E-state index in [9.17, 15) is 21.6 Å². The number of hydrogen-bond donors (Lipinski definition) is 2. The molecule has 0 unspecified atom stereocenters. The van der Waals surface area contributed by atoms with Crippen LogP contribution in [-0.4, -0.2) is 39.3 Å². The molecule has 0 fully saturated rings. The van der Waals surface area contributed by atoms with Crippen molar-refractivity contribution in [2.24, 2.45) is 0 Å². The third kappa shape index (κ3) is 6.82. The van der Waals surface area contributed by atoms with E-state index in [2.05, 4.69) is 20.0 Å². The number of nitrogens with one attached hydrogen (secondary N) is 2. The topological polar surface area (TPSA) is 138 Å². The third-order valence-electron chi connectivity index (χ3n) is 5.86. The fraction of sp³-hybridized carbons (Fsp3) is 0.179. The first-order valence-electron chi connectivity index (χ1n) is 12.2. The molecule has 10 nitrogen and oxygen atoms in total. The lowest BCUT2D eigenvalue weighted by Gasteiger charge is -2.25. The van der Waals surface area contributed by atoms with Crippen molar-refractivity contribution in [3.63, 3.8) is 0 Å². The number of sulfonamides is 2. The van der Waals surface area contributed by atoms with Crippen LogP contribution in [0.15, 0.2) is 88.8 Å². The van der Waals surface area contributed by atoms with E-state index < -0.39 is 32.5 Å². The van der Waals surface area contributed by atoms with E-state index >= 15 is 0 Å². The van der Waals surface area contributed by atoms with Crippen LogP contribution in [0.1, 0.15) is 22.4 Å². The second-order valence-electron chi connectivity index (χ2n) is 9.37. The van der Waals surface area contributed by atoms with Crippen molar-refractivity contribution < 1.29 is 21.6 Å². The highest BCUT2D eigenvalue weighted by Crippen LogP contribution is 2.26. The van der Waals surface area contributed by atoms with E-state index in [1.165, 1.54) is 42.6 Å². The Bertz CT molecular complexity index is 1740. The number of aromatic nitrogens is 2. The Morgan fingerprint density at radius 3 is 1.98 bits per heavy atom. The minimum Gasteiger partial charge on any atom is -0.325 e. The monoisotopic (exact) mass is 579 g/mol. The van der Waals surface area contributed by atoms with Gasteiger partial charge in [-0.05, 0) is 93.4 Å². The normalized spacial score (nSPS) is 11.6. The minimum atomic E-state index is -4.08. The number of aryl methyl sites for hydroxylation is 4. The van der Waals surface area contributed by atoms with Gasteiger partial charge in [0.1, 0.15) is 6.54 Å². The molecule has 0 atom stereocenters. The van der Waals surface area contributed by atoms with Crippen LogP contribution >= 0.6 is 0 Å². The molecule has 0 aliphatic carbocycles. The first-order valence-corrected chi connectivity index (χ1v) is 15.2. The Labute approximate surface area is 234 Å². The van der Waals surface area contributed by atoms with Crippen LogP contribution in [0.25, 0.3) is 0 Å². The smallest absolute Gasteiger partial charge is 0.264 e. The number of nitrogens with zero attached hydrogens (tertiary/aromatic N) is 3. The maximum atomic E-state index is 13.6. The molecular weight excluding hydrogens is 550 g/mol. The lowest BCUT2D eigenvalue weighted by molar-refractivity contribution is -0.114. The lowest BCUT2D eigenvalue weighted by atomic mass is 10.1. The van der Waals surface area contributed by atoms with Crippen molar-refractivity contribution in [3.05, 3.63) is 101 Å². The van der Waals surface area contributed by atoms with Gasteiger partial charge in [0.2, 0.25) is 11.9 Å². The minimum absolute atomic E-state index is 0.0568. The molecule has 0 radical (unpaired) electrons. The van der Waals surface area contributed by atoms with Crippen LogP contribution in [0.4, 0.5) is 17.3 Å². The molecule has 3 aromatic carbocycles. The van der Waals surface area contributed by atoms with Gasteiger partial charge in [-0.25, -0.2) is 31.5 Å². The van der Waals surface area contributed by atoms with Gasteiger partial charge in [-0.2, -0.15) is 0 Å². The fourth-order valence-corrected chi connectivity index (χ4v) is 6.33. The molecule has 0 aliphatic heterocycles. The summed E-state index contributed by atoms with van der Waals surface area (Å²) >= 11 is 0. The van der Waals surface area contributed by atoms with Gasteiger partial charge in [0.25, 0.3) is 20.0 Å². The highest BCUT2D eigenvalue weighted by Gasteiger charge is 2.28. The number of rotatable bonds is 9.